The van der Waals surface area contributed by atoms with Crippen molar-refractivity contribution in [1.82, 2.24) is 4.72 Å². The summed E-state index contributed by atoms with van der Waals surface area (Å²) in [6, 6.07) is 0. The molecule has 1 fully saturated rings. The molecule has 0 unspecified atom stereocenters. The quantitative estimate of drug-likeness (QED) is 0.805. The average Bonchev–Trinajstić information content (AvgIpc) is 2.50. The van der Waals surface area contributed by atoms with Crippen LogP contribution in [0.15, 0.2) is 0 Å². The van der Waals surface area contributed by atoms with E-state index >= 15 is 0 Å². The maximum atomic E-state index is 11.9. The van der Waals surface area contributed by atoms with E-state index in [0.717, 1.165) is 0 Å². The Morgan fingerprint density at radius 1 is 1.31 bits per heavy atom. The number of nitrogens with one attached hydrogen (secondary N) is 1. The first kappa shape index (κ1) is 13.7. The third-order valence-electron chi connectivity index (χ3n) is 2.07. The van der Waals surface area contributed by atoms with Gasteiger partial charge in [0.15, 0.2) is 5.79 Å². The van der Waals surface area contributed by atoms with E-state index < -0.39 is 27.9 Å². The second-order valence-electron chi connectivity index (χ2n) is 3.42. The van der Waals surface area contributed by atoms with Gasteiger partial charge in [0, 0.05) is 13.0 Å². The Morgan fingerprint density at radius 3 is 2.25 bits per heavy atom. The van der Waals surface area contributed by atoms with Crippen molar-refractivity contribution < 1.29 is 31.1 Å². The Bertz CT molecular complexity index is 334. The zero-order chi connectivity index (χ0) is 12.4. The van der Waals surface area contributed by atoms with Gasteiger partial charge in [0.2, 0.25) is 0 Å². The molecule has 9 heteroatoms. The van der Waals surface area contributed by atoms with E-state index in [1.165, 1.54) is 4.72 Å². The minimum Gasteiger partial charge on any atom is -0.348 e. The molecule has 0 aliphatic carbocycles. The monoisotopic (exact) mass is 263 g/mol. The van der Waals surface area contributed by atoms with Gasteiger partial charge < -0.3 is 9.47 Å². The molecule has 0 aromatic carbocycles. The molecular weight excluding hydrogens is 251 g/mol. The Balaban J connectivity index is 2.41. The number of hydrogen-bond acceptors (Lipinski definition) is 4. The van der Waals surface area contributed by atoms with Crippen LogP contribution in [0.5, 0.6) is 0 Å². The highest BCUT2D eigenvalue weighted by atomic mass is 32.2. The minimum absolute atomic E-state index is 0.0162. The van der Waals surface area contributed by atoms with Crippen LogP contribution in [0.4, 0.5) is 13.2 Å². The molecular formula is C7H12F3NO4S. The molecule has 5 nitrogen and oxygen atoms in total. The summed E-state index contributed by atoms with van der Waals surface area (Å²) < 4.78 is 68.6. The molecule has 0 aromatic heterocycles. The van der Waals surface area contributed by atoms with Crippen LogP contribution in [0.1, 0.15) is 13.3 Å². The first-order valence-corrected chi connectivity index (χ1v) is 5.98. The van der Waals surface area contributed by atoms with Crippen molar-refractivity contribution in [3.05, 3.63) is 0 Å². The lowest BCUT2D eigenvalue weighted by molar-refractivity contribution is -0.145. The normalized spacial score (nSPS) is 21.2. The van der Waals surface area contributed by atoms with Crippen molar-refractivity contribution in [2.75, 3.05) is 19.8 Å². The largest absolute Gasteiger partial charge is 0.511 e. The summed E-state index contributed by atoms with van der Waals surface area (Å²) in [4.78, 5) is 0. The summed E-state index contributed by atoms with van der Waals surface area (Å²) in [5.41, 5.74) is -5.29. The van der Waals surface area contributed by atoms with Gasteiger partial charge in [-0.2, -0.15) is 13.2 Å². The van der Waals surface area contributed by atoms with Crippen LogP contribution in [-0.4, -0.2) is 39.5 Å². The van der Waals surface area contributed by atoms with Crippen LogP contribution >= 0.6 is 0 Å². The zero-order valence-corrected chi connectivity index (χ0v) is 9.32. The first-order valence-electron chi connectivity index (χ1n) is 4.50. The first-order chi connectivity index (χ1) is 7.16. The van der Waals surface area contributed by atoms with E-state index in [9.17, 15) is 21.6 Å². The molecule has 0 atom stereocenters. The minimum atomic E-state index is -5.29. The highest BCUT2D eigenvalue weighted by Crippen LogP contribution is 2.24. The Morgan fingerprint density at radius 2 is 1.81 bits per heavy atom. The average molecular weight is 263 g/mol. The highest BCUT2D eigenvalue weighted by Gasteiger charge is 2.45. The summed E-state index contributed by atoms with van der Waals surface area (Å²) in [5.74, 6) is -1.01. The van der Waals surface area contributed by atoms with Gasteiger partial charge in [-0.05, 0) is 6.92 Å². The second kappa shape index (κ2) is 4.47. The van der Waals surface area contributed by atoms with E-state index in [1.807, 2.05) is 0 Å². The van der Waals surface area contributed by atoms with Crippen molar-refractivity contribution in [1.29, 1.82) is 0 Å². The third-order valence-corrected chi connectivity index (χ3v) is 3.27. The zero-order valence-electron chi connectivity index (χ0n) is 8.50. The van der Waals surface area contributed by atoms with Gasteiger partial charge in [0.25, 0.3) is 0 Å². The van der Waals surface area contributed by atoms with Crippen LogP contribution in [-0.2, 0) is 19.5 Å². The molecule has 1 rings (SSSR count). The molecule has 0 radical (unpaired) electrons. The van der Waals surface area contributed by atoms with E-state index in [0.29, 0.717) is 13.2 Å². The molecule has 0 bridgehead atoms. The molecule has 16 heavy (non-hydrogen) atoms. The smallest absolute Gasteiger partial charge is 0.348 e. The summed E-state index contributed by atoms with van der Waals surface area (Å²) in [7, 11) is -5.28. The molecule has 1 aliphatic heterocycles. The van der Waals surface area contributed by atoms with Gasteiger partial charge in [0.1, 0.15) is 0 Å². The van der Waals surface area contributed by atoms with E-state index in [-0.39, 0.29) is 6.42 Å². The third kappa shape index (κ3) is 3.30. The number of hydrogen-bond donors (Lipinski definition) is 1. The SMILES string of the molecule is CC1(CCNS(=O)(=O)C(F)(F)F)OCCO1. The lowest BCUT2D eigenvalue weighted by Crippen LogP contribution is -2.39. The van der Waals surface area contributed by atoms with Crippen LogP contribution in [0.3, 0.4) is 0 Å². The number of ether oxygens (including phenoxy) is 2. The number of alkyl halides is 3. The van der Waals surface area contributed by atoms with Crippen molar-refractivity contribution in [2.45, 2.75) is 24.6 Å². The summed E-state index contributed by atoms with van der Waals surface area (Å²) in [5, 5.41) is 0. The number of rotatable bonds is 4. The summed E-state index contributed by atoms with van der Waals surface area (Å²) >= 11 is 0. The highest BCUT2D eigenvalue weighted by molar-refractivity contribution is 7.90. The molecule has 0 aromatic rings. The molecule has 1 N–H and O–H groups in total. The van der Waals surface area contributed by atoms with Crippen molar-refractivity contribution in [3.63, 3.8) is 0 Å². The van der Waals surface area contributed by atoms with Gasteiger partial charge in [-0.25, -0.2) is 13.1 Å². The van der Waals surface area contributed by atoms with Gasteiger partial charge in [-0.15, -0.1) is 0 Å². The fraction of sp³-hybridized carbons (Fsp3) is 1.00. The fourth-order valence-electron chi connectivity index (χ4n) is 1.20. The van der Waals surface area contributed by atoms with E-state index in [1.54, 1.807) is 6.92 Å². The standard InChI is InChI=1S/C7H12F3NO4S/c1-6(14-4-5-15-6)2-3-11-16(12,13)7(8,9)10/h11H,2-5H2,1H3. The van der Waals surface area contributed by atoms with Crippen molar-refractivity contribution in [3.8, 4) is 0 Å². The van der Waals surface area contributed by atoms with Gasteiger partial charge in [0.05, 0.1) is 13.2 Å². The van der Waals surface area contributed by atoms with Gasteiger partial charge in [-0.1, -0.05) is 0 Å². The van der Waals surface area contributed by atoms with Crippen molar-refractivity contribution >= 4 is 10.0 Å². The predicted molar refractivity (Wildman–Crippen MR) is 47.9 cm³/mol. The fourth-order valence-corrected chi connectivity index (χ4v) is 1.73. The van der Waals surface area contributed by atoms with Crippen LogP contribution in [0, 0.1) is 0 Å². The molecule has 1 saturated heterocycles. The summed E-state index contributed by atoms with van der Waals surface area (Å²) in [6.07, 6.45) is 0.0162. The Kier molecular flexibility index (Phi) is 3.83. The molecule has 1 heterocycles. The lowest BCUT2D eigenvalue weighted by Gasteiger charge is -2.22. The molecule has 0 amide bonds. The van der Waals surface area contributed by atoms with Crippen LogP contribution in [0.2, 0.25) is 0 Å². The van der Waals surface area contributed by atoms with Crippen LogP contribution < -0.4 is 4.72 Å². The number of sulfonamides is 1. The molecule has 1 aliphatic rings. The molecule has 0 spiro atoms. The van der Waals surface area contributed by atoms with Gasteiger partial charge in [-0.3, -0.25) is 0 Å². The van der Waals surface area contributed by atoms with Crippen LogP contribution in [0.25, 0.3) is 0 Å². The number of halogens is 3. The van der Waals surface area contributed by atoms with Gasteiger partial charge >= 0.3 is 15.5 Å². The second-order valence-corrected chi connectivity index (χ2v) is 5.18. The maximum Gasteiger partial charge on any atom is 0.511 e. The lowest BCUT2D eigenvalue weighted by atomic mass is 10.2. The van der Waals surface area contributed by atoms with E-state index in [4.69, 9.17) is 9.47 Å². The molecule has 0 saturated carbocycles. The topological polar surface area (TPSA) is 64.6 Å². The Hall–Kier alpha value is -0.380. The predicted octanol–water partition coefficient (Wildman–Crippen LogP) is 0.579. The molecule has 96 valence electrons. The van der Waals surface area contributed by atoms with E-state index in [2.05, 4.69) is 0 Å². The maximum absolute atomic E-state index is 11.9. The Labute approximate surface area is 91.0 Å². The van der Waals surface area contributed by atoms with Crippen molar-refractivity contribution in [2.24, 2.45) is 0 Å². The summed E-state index contributed by atoms with van der Waals surface area (Å²) in [6.45, 7) is 1.85.